The first kappa shape index (κ1) is 22.6. The number of para-hydroxylation sites is 1. The molecule has 31 heavy (non-hydrogen) atoms. The number of halogens is 1. The van der Waals surface area contributed by atoms with Crippen LogP contribution < -0.4 is 15.4 Å². The van der Waals surface area contributed by atoms with Crippen LogP contribution in [-0.4, -0.2) is 33.8 Å². The van der Waals surface area contributed by atoms with Gasteiger partial charge in [-0.2, -0.15) is 0 Å². The van der Waals surface area contributed by atoms with E-state index < -0.39 is 0 Å². The molecule has 0 aliphatic carbocycles. The van der Waals surface area contributed by atoms with Gasteiger partial charge >= 0.3 is 0 Å². The fraction of sp³-hybridized carbons (Fsp3) is 0.348. The van der Waals surface area contributed by atoms with Crippen LogP contribution in [0.4, 0.5) is 0 Å². The maximum absolute atomic E-state index is 6.20. The van der Waals surface area contributed by atoms with Crippen LogP contribution in [0, 0.1) is 0 Å². The van der Waals surface area contributed by atoms with E-state index in [4.69, 9.17) is 21.3 Å². The molecule has 3 aromatic rings. The van der Waals surface area contributed by atoms with Gasteiger partial charge in [-0.3, -0.25) is 0 Å². The summed E-state index contributed by atoms with van der Waals surface area (Å²) in [6.45, 7) is 7.41. The third-order valence-electron chi connectivity index (χ3n) is 4.75. The summed E-state index contributed by atoms with van der Waals surface area (Å²) in [7, 11) is 0. The van der Waals surface area contributed by atoms with E-state index in [9.17, 15) is 0 Å². The molecular weight excluding hydrogens is 412 g/mol. The Morgan fingerprint density at radius 3 is 2.61 bits per heavy atom. The summed E-state index contributed by atoms with van der Waals surface area (Å²) >= 11 is 6.20. The lowest BCUT2D eigenvalue weighted by molar-refractivity contribution is 0.305. The van der Waals surface area contributed by atoms with Gasteiger partial charge in [-0.15, -0.1) is 10.2 Å². The van der Waals surface area contributed by atoms with Gasteiger partial charge in [0.15, 0.2) is 5.96 Å². The van der Waals surface area contributed by atoms with E-state index in [2.05, 4.69) is 51.4 Å². The smallest absolute Gasteiger partial charge is 0.191 e. The average molecular weight is 441 g/mol. The largest absolute Gasteiger partial charge is 0.487 e. The lowest BCUT2D eigenvalue weighted by atomic mass is 10.1. The predicted molar refractivity (Wildman–Crippen MR) is 124 cm³/mol. The molecule has 2 N–H and O–H groups in total. The predicted octanol–water partition coefficient (Wildman–Crippen LogP) is 3.83. The highest BCUT2D eigenvalue weighted by Gasteiger charge is 2.06. The van der Waals surface area contributed by atoms with Crippen molar-refractivity contribution >= 4 is 17.6 Å². The van der Waals surface area contributed by atoms with Gasteiger partial charge in [-0.05, 0) is 30.2 Å². The van der Waals surface area contributed by atoms with E-state index in [1.807, 2.05) is 36.4 Å². The SMILES string of the molecule is CCNC(=NCc1ccccc1COc1ccccc1Cl)NCCn1cnnc1CC. The summed E-state index contributed by atoms with van der Waals surface area (Å²) in [6, 6.07) is 15.6. The van der Waals surface area contributed by atoms with E-state index in [0.29, 0.717) is 23.9 Å². The molecule has 0 atom stereocenters. The van der Waals surface area contributed by atoms with Gasteiger partial charge in [0.2, 0.25) is 0 Å². The highest BCUT2D eigenvalue weighted by molar-refractivity contribution is 6.32. The van der Waals surface area contributed by atoms with Gasteiger partial charge in [0.25, 0.3) is 0 Å². The molecule has 0 aliphatic heterocycles. The first-order chi connectivity index (χ1) is 15.2. The summed E-state index contributed by atoms with van der Waals surface area (Å²) in [5.41, 5.74) is 2.19. The maximum Gasteiger partial charge on any atom is 0.191 e. The van der Waals surface area contributed by atoms with Crippen molar-refractivity contribution in [2.24, 2.45) is 4.99 Å². The molecule has 0 saturated carbocycles. The standard InChI is InChI=1S/C23H29ClN6O/c1-3-22-29-28-17-30(22)14-13-26-23(25-4-2)27-15-18-9-5-6-10-19(18)16-31-21-12-8-7-11-20(21)24/h5-12,17H,3-4,13-16H2,1-2H3,(H2,25,26,27). The first-order valence-electron chi connectivity index (χ1n) is 10.5. The Labute approximate surface area is 188 Å². The number of rotatable bonds is 10. The van der Waals surface area contributed by atoms with Crippen molar-refractivity contribution in [2.75, 3.05) is 13.1 Å². The van der Waals surface area contributed by atoms with Crippen molar-refractivity contribution in [3.05, 3.63) is 76.8 Å². The highest BCUT2D eigenvalue weighted by Crippen LogP contribution is 2.24. The molecule has 3 rings (SSSR count). The minimum Gasteiger partial charge on any atom is -0.487 e. The first-order valence-corrected chi connectivity index (χ1v) is 10.9. The fourth-order valence-corrected chi connectivity index (χ4v) is 3.30. The van der Waals surface area contributed by atoms with Crippen LogP contribution in [0.1, 0.15) is 30.8 Å². The number of ether oxygens (including phenoxy) is 1. The van der Waals surface area contributed by atoms with Crippen LogP contribution in [0.2, 0.25) is 5.02 Å². The van der Waals surface area contributed by atoms with Crippen LogP contribution >= 0.6 is 11.6 Å². The van der Waals surface area contributed by atoms with E-state index in [1.165, 1.54) is 0 Å². The van der Waals surface area contributed by atoms with E-state index in [0.717, 1.165) is 49.0 Å². The molecule has 0 unspecified atom stereocenters. The Kier molecular flexibility index (Phi) is 8.72. The molecule has 1 heterocycles. The second-order valence-corrected chi connectivity index (χ2v) is 7.31. The molecular formula is C23H29ClN6O. The third kappa shape index (κ3) is 6.72. The van der Waals surface area contributed by atoms with Crippen LogP contribution in [0.25, 0.3) is 0 Å². The zero-order valence-electron chi connectivity index (χ0n) is 18.0. The Balaban J connectivity index is 1.60. The minimum atomic E-state index is 0.437. The summed E-state index contributed by atoms with van der Waals surface area (Å²) in [5.74, 6) is 2.43. The minimum absolute atomic E-state index is 0.437. The quantitative estimate of drug-likeness (QED) is 0.370. The van der Waals surface area contributed by atoms with E-state index >= 15 is 0 Å². The Hall–Kier alpha value is -3.06. The van der Waals surface area contributed by atoms with Crippen molar-refractivity contribution in [1.82, 2.24) is 25.4 Å². The molecule has 0 spiro atoms. The average Bonchev–Trinajstić information content (AvgIpc) is 3.25. The Morgan fingerprint density at radius 1 is 1.06 bits per heavy atom. The van der Waals surface area contributed by atoms with Crippen molar-refractivity contribution in [3.8, 4) is 5.75 Å². The fourth-order valence-electron chi connectivity index (χ4n) is 3.11. The van der Waals surface area contributed by atoms with E-state index in [1.54, 1.807) is 6.33 Å². The number of nitrogens with zero attached hydrogens (tertiary/aromatic N) is 4. The highest BCUT2D eigenvalue weighted by atomic mass is 35.5. The van der Waals surface area contributed by atoms with Crippen LogP contribution in [0.15, 0.2) is 59.9 Å². The molecule has 8 heteroatoms. The third-order valence-corrected chi connectivity index (χ3v) is 5.06. The lowest BCUT2D eigenvalue weighted by Crippen LogP contribution is -2.39. The zero-order chi connectivity index (χ0) is 21.9. The number of nitrogens with one attached hydrogen (secondary N) is 2. The maximum atomic E-state index is 6.20. The number of benzene rings is 2. The number of guanidine groups is 1. The van der Waals surface area contributed by atoms with Gasteiger partial charge in [0.1, 0.15) is 24.5 Å². The molecule has 0 aliphatic rings. The number of aliphatic imine (C=N–C) groups is 1. The Bertz CT molecular complexity index is 987. The van der Waals surface area contributed by atoms with Gasteiger partial charge in [-0.25, -0.2) is 4.99 Å². The monoisotopic (exact) mass is 440 g/mol. The zero-order valence-corrected chi connectivity index (χ0v) is 18.8. The van der Waals surface area contributed by atoms with Gasteiger partial charge in [0.05, 0.1) is 11.6 Å². The number of hydrogen-bond acceptors (Lipinski definition) is 4. The van der Waals surface area contributed by atoms with Crippen LogP contribution in [0.5, 0.6) is 5.75 Å². The van der Waals surface area contributed by atoms with E-state index in [-0.39, 0.29) is 0 Å². The van der Waals surface area contributed by atoms with Gasteiger partial charge in [0, 0.05) is 26.1 Å². The van der Waals surface area contributed by atoms with Gasteiger partial charge in [-0.1, -0.05) is 54.9 Å². The molecule has 0 bridgehead atoms. The van der Waals surface area contributed by atoms with Crippen LogP contribution in [-0.2, 0) is 26.1 Å². The lowest BCUT2D eigenvalue weighted by Gasteiger charge is -2.14. The van der Waals surface area contributed by atoms with Gasteiger partial charge < -0.3 is 19.9 Å². The molecule has 0 amide bonds. The normalized spacial score (nSPS) is 11.4. The van der Waals surface area contributed by atoms with Crippen molar-refractivity contribution in [2.45, 2.75) is 40.0 Å². The molecule has 7 nitrogen and oxygen atoms in total. The molecule has 1 aromatic heterocycles. The second-order valence-electron chi connectivity index (χ2n) is 6.90. The summed E-state index contributed by atoms with van der Waals surface area (Å²) < 4.78 is 7.97. The molecule has 0 fully saturated rings. The molecule has 2 aromatic carbocycles. The number of aryl methyl sites for hydroxylation is 1. The van der Waals surface area contributed by atoms with Crippen molar-refractivity contribution in [3.63, 3.8) is 0 Å². The van der Waals surface area contributed by atoms with Crippen molar-refractivity contribution in [1.29, 1.82) is 0 Å². The Morgan fingerprint density at radius 2 is 1.84 bits per heavy atom. The van der Waals surface area contributed by atoms with Crippen molar-refractivity contribution < 1.29 is 4.74 Å². The molecule has 164 valence electrons. The summed E-state index contributed by atoms with van der Waals surface area (Å²) in [6.07, 6.45) is 2.63. The number of hydrogen-bond donors (Lipinski definition) is 2. The molecule has 0 radical (unpaired) electrons. The summed E-state index contributed by atoms with van der Waals surface area (Å²) in [4.78, 5) is 4.75. The topological polar surface area (TPSA) is 76.4 Å². The summed E-state index contributed by atoms with van der Waals surface area (Å²) in [5, 5.41) is 15.4. The second kappa shape index (κ2) is 12.0. The number of aromatic nitrogens is 3. The van der Waals surface area contributed by atoms with Crippen LogP contribution in [0.3, 0.4) is 0 Å². The molecule has 0 saturated heterocycles.